The van der Waals surface area contributed by atoms with Crippen LogP contribution in [-0.4, -0.2) is 69.4 Å². The second kappa shape index (κ2) is 9.81. The standard InChI is InChI=1S/C27H31N3O3/c1-32-22-11-9-21(10-12-22)29-15-17-30(18-16-29)25-19-28-14-13-26(25)33-27(31)24-8-4-6-20-5-2-3-7-23(20)24/h2-12,25-26,28H,13-19H2,1H3/t25?,26-/m1/s1. The molecule has 0 aliphatic carbocycles. The number of piperidine rings is 1. The van der Waals surface area contributed by atoms with E-state index in [0.717, 1.165) is 62.2 Å². The van der Waals surface area contributed by atoms with Crippen LogP contribution in [0.1, 0.15) is 16.8 Å². The van der Waals surface area contributed by atoms with Gasteiger partial charge in [-0.15, -0.1) is 0 Å². The van der Waals surface area contributed by atoms with Crippen molar-refractivity contribution in [1.82, 2.24) is 10.2 Å². The monoisotopic (exact) mass is 445 g/mol. The van der Waals surface area contributed by atoms with E-state index in [2.05, 4.69) is 27.2 Å². The summed E-state index contributed by atoms with van der Waals surface area (Å²) in [6, 6.07) is 22.2. The molecule has 6 nitrogen and oxygen atoms in total. The number of fused-ring (bicyclic) bond motifs is 1. The number of methoxy groups -OCH3 is 1. The summed E-state index contributed by atoms with van der Waals surface area (Å²) in [5.74, 6) is 0.655. The van der Waals surface area contributed by atoms with Crippen LogP contribution in [0.25, 0.3) is 10.8 Å². The smallest absolute Gasteiger partial charge is 0.339 e. The van der Waals surface area contributed by atoms with Crippen molar-refractivity contribution in [3.63, 3.8) is 0 Å². The molecule has 2 saturated heterocycles. The van der Waals surface area contributed by atoms with Gasteiger partial charge in [-0.3, -0.25) is 4.90 Å². The molecule has 3 aromatic rings. The lowest BCUT2D eigenvalue weighted by Gasteiger charge is -2.44. The van der Waals surface area contributed by atoms with E-state index in [-0.39, 0.29) is 18.1 Å². The predicted molar refractivity (Wildman–Crippen MR) is 131 cm³/mol. The lowest BCUT2D eigenvalue weighted by molar-refractivity contribution is -0.0139. The summed E-state index contributed by atoms with van der Waals surface area (Å²) in [5.41, 5.74) is 1.87. The number of benzene rings is 3. The van der Waals surface area contributed by atoms with Gasteiger partial charge in [0.25, 0.3) is 0 Å². The Labute approximate surface area is 195 Å². The van der Waals surface area contributed by atoms with Crippen molar-refractivity contribution in [2.45, 2.75) is 18.6 Å². The van der Waals surface area contributed by atoms with Crippen LogP contribution in [0.15, 0.2) is 66.7 Å². The van der Waals surface area contributed by atoms with Gasteiger partial charge in [0.1, 0.15) is 11.9 Å². The minimum atomic E-state index is -0.222. The normalized spacial score (nSPS) is 21.7. The molecule has 3 aromatic carbocycles. The van der Waals surface area contributed by atoms with E-state index < -0.39 is 0 Å². The van der Waals surface area contributed by atoms with Crippen molar-refractivity contribution in [3.8, 4) is 5.75 Å². The molecule has 172 valence electrons. The largest absolute Gasteiger partial charge is 0.497 e. The Bertz CT molecular complexity index is 1090. The van der Waals surface area contributed by atoms with E-state index in [9.17, 15) is 4.79 Å². The predicted octanol–water partition coefficient (Wildman–Crippen LogP) is 3.56. The molecule has 0 amide bonds. The van der Waals surface area contributed by atoms with Crippen LogP contribution in [0.2, 0.25) is 0 Å². The number of nitrogens with zero attached hydrogens (tertiary/aromatic N) is 2. The first-order chi connectivity index (χ1) is 16.2. The highest BCUT2D eigenvalue weighted by molar-refractivity contribution is 6.04. The van der Waals surface area contributed by atoms with E-state index in [1.54, 1.807) is 7.11 Å². The van der Waals surface area contributed by atoms with Crippen LogP contribution >= 0.6 is 0 Å². The number of esters is 1. The Morgan fingerprint density at radius 2 is 1.70 bits per heavy atom. The Balaban J connectivity index is 1.25. The topological polar surface area (TPSA) is 54.0 Å². The quantitative estimate of drug-likeness (QED) is 0.606. The van der Waals surface area contributed by atoms with Gasteiger partial charge in [0.2, 0.25) is 0 Å². The summed E-state index contributed by atoms with van der Waals surface area (Å²) in [4.78, 5) is 18.1. The van der Waals surface area contributed by atoms with Crippen LogP contribution in [0.3, 0.4) is 0 Å². The molecule has 1 N–H and O–H groups in total. The Hall–Kier alpha value is -3.09. The third kappa shape index (κ3) is 4.68. The van der Waals surface area contributed by atoms with Crippen LogP contribution < -0.4 is 15.0 Å². The maximum atomic E-state index is 13.2. The van der Waals surface area contributed by atoms with Gasteiger partial charge < -0.3 is 19.7 Å². The first-order valence-corrected chi connectivity index (χ1v) is 11.8. The molecule has 2 aliphatic heterocycles. The number of piperazine rings is 1. The summed E-state index contributed by atoms with van der Waals surface area (Å²) >= 11 is 0. The van der Waals surface area contributed by atoms with Crippen molar-refractivity contribution in [3.05, 3.63) is 72.3 Å². The van der Waals surface area contributed by atoms with Crippen molar-refractivity contribution in [2.75, 3.05) is 51.3 Å². The van der Waals surface area contributed by atoms with E-state index in [0.29, 0.717) is 5.56 Å². The molecule has 2 atom stereocenters. The number of hydrogen-bond acceptors (Lipinski definition) is 6. The second-order valence-electron chi connectivity index (χ2n) is 8.75. The zero-order chi connectivity index (χ0) is 22.6. The molecular weight excluding hydrogens is 414 g/mol. The van der Waals surface area contributed by atoms with Gasteiger partial charge in [-0.1, -0.05) is 36.4 Å². The number of rotatable bonds is 5. The molecule has 1 unspecified atom stereocenters. The fourth-order valence-electron chi connectivity index (χ4n) is 5.03. The molecular formula is C27H31N3O3. The maximum absolute atomic E-state index is 13.2. The Morgan fingerprint density at radius 3 is 2.48 bits per heavy atom. The molecule has 0 bridgehead atoms. The highest BCUT2D eigenvalue weighted by atomic mass is 16.5. The van der Waals surface area contributed by atoms with Gasteiger partial charge in [0.15, 0.2) is 0 Å². The van der Waals surface area contributed by atoms with Crippen molar-refractivity contribution < 1.29 is 14.3 Å². The zero-order valence-corrected chi connectivity index (χ0v) is 19.1. The van der Waals surface area contributed by atoms with E-state index in [1.165, 1.54) is 5.69 Å². The molecule has 33 heavy (non-hydrogen) atoms. The number of anilines is 1. The van der Waals surface area contributed by atoms with Crippen LogP contribution in [0, 0.1) is 0 Å². The van der Waals surface area contributed by atoms with Crippen molar-refractivity contribution in [1.29, 1.82) is 0 Å². The molecule has 0 spiro atoms. The summed E-state index contributed by atoms with van der Waals surface area (Å²) < 4.78 is 11.4. The summed E-state index contributed by atoms with van der Waals surface area (Å²) in [5, 5.41) is 5.51. The average molecular weight is 446 g/mol. The third-order valence-corrected chi connectivity index (χ3v) is 6.88. The molecule has 2 fully saturated rings. The van der Waals surface area contributed by atoms with Crippen LogP contribution in [-0.2, 0) is 4.74 Å². The first kappa shape index (κ1) is 21.7. The van der Waals surface area contributed by atoms with Gasteiger partial charge in [-0.2, -0.15) is 0 Å². The second-order valence-corrected chi connectivity index (χ2v) is 8.75. The lowest BCUT2D eigenvalue weighted by atomic mass is 10.00. The number of carbonyl (C=O) groups excluding carboxylic acids is 1. The van der Waals surface area contributed by atoms with Gasteiger partial charge in [0.05, 0.1) is 18.7 Å². The highest BCUT2D eigenvalue weighted by Crippen LogP contribution is 2.25. The third-order valence-electron chi connectivity index (χ3n) is 6.88. The molecule has 2 heterocycles. The fourth-order valence-corrected chi connectivity index (χ4v) is 5.03. The van der Waals surface area contributed by atoms with Gasteiger partial charge in [-0.05, 0) is 54.1 Å². The number of carbonyl (C=O) groups is 1. The lowest BCUT2D eigenvalue weighted by Crippen LogP contribution is -2.60. The van der Waals surface area contributed by atoms with E-state index in [4.69, 9.17) is 9.47 Å². The Kier molecular flexibility index (Phi) is 6.46. The van der Waals surface area contributed by atoms with E-state index >= 15 is 0 Å². The molecule has 6 heteroatoms. The SMILES string of the molecule is COc1ccc(N2CCN(C3CNCC[C@H]3OC(=O)c3cccc4ccccc34)CC2)cc1. The van der Waals surface area contributed by atoms with Crippen LogP contribution in [0.5, 0.6) is 5.75 Å². The van der Waals surface area contributed by atoms with Crippen molar-refractivity contribution in [2.24, 2.45) is 0 Å². The molecule has 0 radical (unpaired) electrons. The highest BCUT2D eigenvalue weighted by Gasteiger charge is 2.35. The number of ether oxygens (including phenoxy) is 2. The Morgan fingerprint density at radius 1 is 0.939 bits per heavy atom. The average Bonchev–Trinajstić information content (AvgIpc) is 2.89. The first-order valence-electron chi connectivity index (χ1n) is 11.8. The minimum absolute atomic E-state index is 0.106. The number of nitrogens with one attached hydrogen (secondary N) is 1. The molecule has 2 aliphatic rings. The zero-order valence-electron chi connectivity index (χ0n) is 19.1. The molecule has 0 saturated carbocycles. The maximum Gasteiger partial charge on any atom is 0.339 e. The summed E-state index contributed by atoms with van der Waals surface area (Å²) in [6.45, 7) is 5.51. The minimum Gasteiger partial charge on any atom is -0.497 e. The molecule has 0 aromatic heterocycles. The fraction of sp³-hybridized carbons (Fsp3) is 0.370. The summed E-state index contributed by atoms with van der Waals surface area (Å²) in [6.07, 6.45) is 0.727. The number of hydrogen-bond donors (Lipinski definition) is 1. The van der Waals surface area contributed by atoms with Crippen LogP contribution in [0.4, 0.5) is 5.69 Å². The summed E-state index contributed by atoms with van der Waals surface area (Å²) in [7, 11) is 1.69. The van der Waals surface area contributed by atoms with Crippen molar-refractivity contribution >= 4 is 22.4 Å². The molecule has 5 rings (SSSR count). The van der Waals surface area contributed by atoms with Gasteiger partial charge in [-0.25, -0.2) is 4.79 Å². The van der Waals surface area contributed by atoms with Gasteiger partial charge in [0, 0.05) is 38.4 Å². The van der Waals surface area contributed by atoms with E-state index in [1.807, 2.05) is 54.6 Å². The van der Waals surface area contributed by atoms with Gasteiger partial charge >= 0.3 is 5.97 Å².